The topological polar surface area (TPSA) is 91.4 Å². The number of nitrogens with one attached hydrogen (secondary N) is 2. The SMILES string of the molecule is Cc1ccc(S(=O)(=O)NN2C(=O)c3ccccc3NC2c2ccccn2)cc1. The van der Waals surface area contributed by atoms with Gasteiger partial charge in [-0.3, -0.25) is 9.78 Å². The normalized spacial score (nSPS) is 16.4. The second-order valence-corrected chi connectivity index (χ2v) is 8.09. The molecule has 7 nitrogen and oxygen atoms in total. The van der Waals surface area contributed by atoms with E-state index < -0.39 is 22.1 Å². The molecule has 0 bridgehead atoms. The Labute approximate surface area is 163 Å². The van der Waals surface area contributed by atoms with Crippen molar-refractivity contribution in [3.05, 3.63) is 89.7 Å². The number of aryl methyl sites for hydroxylation is 1. The molecule has 1 aromatic heterocycles. The Morgan fingerprint density at radius 3 is 2.43 bits per heavy atom. The van der Waals surface area contributed by atoms with Crippen LogP contribution in [0.25, 0.3) is 0 Å². The molecule has 0 radical (unpaired) electrons. The Hall–Kier alpha value is -3.23. The fourth-order valence-electron chi connectivity index (χ4n) is 2.99. The van der Waals surface area contributed by atoms with Crippen LogP contribution in [0.2, 0.25) is 0 Å². The first-order valence-electron chi connectivity index (χ1n) is 8.65. The Morgan fingerprint density at radius 1 is 1.00 bits per heavy atom. The van der Waals surface area contributed by atoms with Crippen LogP contribution >= 0.6 is 0 Å². The summed E-state index contributed by atoms with van der Waals surface area (Å²) in [6.07, 6.45) is 0.804. The number of anilines is 1. The van der Waals surface area contributed by atoms with Crippen molar-refractivity contribution in [2.75, 3.05) is 5.32 Å². The standard InChI is InChI=1S/C20H18N4O3S/c1-14-9-11-15(12-10-14)28(26,27)23-24-19(18-8-4-5-13-21-18)22-17-7-3-2-6-16(17)20(24)25/h2-13,19,22-23H,1H3. The van der Waals surface area contributed by atoms with E-state index in [2.05, 4.69) is 15.1 Å². The Kier molecular flexibility index (Phi) is 4.58. The Balaban J connectivity index is 1.75. The third-order valence-corrected chi connectivity index (χ3v) is 5.77. The average Bonchev–Trinajstić information content (AvgIpc) is 2.71. The fourth-order valence-corrected chi connectivity index (χ4v) is 4.04. The number of para-hydroxylation sites is 1. The first-order valence-corrected chi connectivity index (χ1v) is 10.1. The van der Waals surface area contributed by atoms with Gasteiger partial charge in [0.25, 0.3) is 15.9 Å². The predicted octanol–water partition coefficient (Wildman–Crippen LogP) is 2.85. The van der Waals surface area contributed by atoms with E-state index >= 15 is 0 Å². The van der Waals surface area contributed by atoms with E-state index in [1.165, 1.54) is 12.1 Å². The summed E-state index contributed by atoms with van der Waals surface area (Å²) in [6, 6.07) is 18.6. The van der Waals surface area contributed by atoms with Crippen LogP contribution in [0.4, 0.5) is 5.69 Å². The second-order valence-electron chi connectivity index (χ2n) is 6.43. The van der Waals surface area contributed by atoms with Crippen LogP contribution in [0.15, 0.2) is 77.8 Å². The third kappa shape index (κ3) is 3.35. The van der Waals surface area contributed by atoms with Crippen LogP contribution in [0.3, 0.4) is 0 Å². The highest BCUT2D eigenvalue weighted by atomic mass is 32.2. The van der Waals surface area contributed by atoms with Crippen molar-refractivity contribution in [2.24, 2.45) is 0 Å². The molecule has 4 rings (SSSR count). The van der Waals surface area contributed by atoms with Gasteiger partial charge in [0, 0.05) is 11.9 Å². The van der Waals surface area contributed by atoms with Crippen LogP contribution in [-0.2, 0) is 10.0 Å². The monoisotopic (exact) mass is 394 g/mol. The summed E-state index contributed by atoms with van der Waals surface area (Å²) in [6.45, 7) is 1.87. The molecule has 1 amide bonds. The van der Waals surface area contributed by atoms with E-state index in [-0.39, 0.29) is 4.90 Å². The number of amides is 1. The maximum atomic E-state index is 13.1. The van der Waals surface area contributed by atoms with Gasteiger partial charge in [0.2, 0.25) is 0 Å². The van der Waals surface area contributed by atoms with Gasteiger partial charge in [-0.25, -0.2) is 13.4 Å². The maximum Gasteiger partial charge on any atom is 0.273 e. The molecular weight excluding hydrogens is 376 g/mol. The molecule has 28 heavy (non-hydrogen) atoms. The van der Waals surface area contributed by atoms with Gasteiger partial charge in [-0.05, 0) is 43.3 Å². The number of carbonyl (C=O) groups is 1. The van der Waals surface area contributed by atoms with Gasteiger partial charge in [0.05, 0.1) is 16.2 Å². The van der Waals surface area contributed by atoms with Crippen molar-refractivity contribution in [1.82, 2.24) is 14.8 Å². The van der Waals surface area contributed by atoms with Crippen molar-refractivity contribution < 1.29 is 13.2 Å². The molecule has 0 spiro atoms. The first-order chi connectivity index (χ1) is 13.5. The zero-order valence-corrected chi connectivity index (χ0v) is 15.8. The maximum absolute atomic E-state index is 13.1. The summed E-state index contributed by atoms with van der Waals surface area (Å²) >= 11 is 0. The predicted molar refractivity (Wildman–Crippen MR) is 105 cm³/mol. The van der Waals surface area contributed by atoms with Gasteiger partial charge in [0.15, 0.2) is 6.17 Å². The third-order valence-electron chi connectivity index (χ3n) is 4.44. The number of pyridine rings is 1. The minimum atomic E-state index is -3.97. The quantitative estimate of drug-likeness (QED) is 0.710. The summed E-state index contributed by atoms with van der Waals surface area (Å²) in [5.74, 6) is -0.458. The molecule has 1 unspecified atom stereocenters. The molecule has 2 heterocycles. The minimum absolute atomic E-state index is 0.0736. The van der Waals surface area contributed by atoms with Gasteiger partial charge in [-0.2, -0.15) is 0 Å². The summed E-state index contributed by atoms with van der Waals surface area (Å²) in [4.78, 5) is 19.9. The zero-order chi connectivity index (χ0) is 19.7. The van der Waals surface area contributed by atoms with Gasteiger partial charge < -0.3 is 5.32 Å². The van der Waals surface area contributed by atoms with Crippen LogP contribution in [0.1, 0.15) is 27.8 Å². The van der Waals surface area contributed by atoms with Crippen molar-refractivity contribution in [3.8, 4) is 0 Å². The van der Waals surface area contributed by atoms with E-state index in [0.29, 0.717) is 16.9 Å². The summed E-state index contributed by atoms with van der Waals surface area (Å²) in [5, 5.41) is 4.26. The largest absolute Gasteiger partial charge is 0.358 e. The number of sulfonamides is 1. The van der Waals surface area contributed by atoms with Crippen LogP contribution < -0.4 is 10.1 Å². The van der Waals surface area contributed by atoms with Gasteiger partial charge in [0.1, 0.15) is 0 Å². The molecule has 1 atom stereocenters. The van der Waals surface area contributed by atoms with E-state index in [1.807, 2.05) is 6.92 Å². The second kappa shape index (κ2) is 7.06. The molecule has 2 N–H and O–H groups in total. The number of fused-ring (bicyclic) bond motifs is 1. The van der Waals surface area contributed by atoms with Crippen LogP contribution in [0, 0.1) is 6.92 Å². The lowest BCUT2D eigenvalue weighted by atomic mass is 10.1. The number of benzene rings is 2. The van der Waals surface area contributed by atoms with Crippen molar-refractivity contribution in [3.63, 3.8) is 0 Å². The molecule has 0 fully saturated rings. The molecule has 2 aromatic carbocycles. The van der Waals surface area contributed by atoms with Gasteiger partial charge in [-0.15, -0.1) is 4.83 Å². The van der Waals surface area contributed by atoms with E-state index in [4.69, 9.17) is 0 Å². The molecule has 1 aliphatic rings. The first kappa shape index (κ1) is 18.1. The minimum Gasteiger partial charge on any atom is -0.358 e. The molecule has 0 saturated heterocycles. The molecule has 3 aromatic rings. The molecule has 0 saturated carbocycles. The highest BCUT2D eigenvalue weighted by Gasteiger charge is 2.36. The zero-order valence-electron chi connectivity index (χ0n) is 15.0. The number of hydrogen-bond donors (Lipinski definition) is 2. The molecule has 1 aliphatic heterocycles. The number of rotatable bonds is 4. The Bertz CT molecular complexity index is 1120. The molecular formula is C20H18N4O3S. The highest BCUT2D eigenvalue weighted by Crippen LogP contribution is 2.31. The number of hydrogen-bond acceptors (Lipinski definition) is 5. The number of carbonyl (C=O) groups excluding carboxylic acids is 1. The number of nitrogens with zero attached hydrogens (tertiary/aromatic N) is 2. The average molecular weight is 394 g/mol. The number of hydrazine groups is 1. The summed E-state index contributed by atoms with van der Waals surface area (Å²) < 4.78 is 25.8. The fraction of sp³-hybridized carbons (Fsp3) is 0.100. The van der Waals surface area contributed by atoms with Crippen molar-refractivity contribution >= 4 is 21.6 Å². The lowest BCUT2D eigenvalue weighted by molar-refractivity contribution is 0.0628. The lowest BCUT2D eigenvalue weighted by Gasteiger charge is -2.36. The van der Waals surface area contributed by atoms with Crippen LogP contribution in [0.5, 0.6) is 0 Å². The van der Waals surface area contributed by atoms with E-state index in [0.717, 1.165) is 10.6 Å². The van der Waals surface area contributed by atoms with Crippen molar-refractivity contribution in [1.29, 1.82) is 0 Å². The number of aromatic nitrogens is 1. The van der Waals surface area contributed by atoms with Crippen LogP contribution in [-0.4, -0.2) is 24.3 Å². The van der Waals surface area contributed by atoms with Gasteiger partial charge in [-0.1, -0.05) is 35.9 Å². The highest BCUT2D eigenvalue weighted by molar-refractivity contribution is 7.89. The van der Waals surface area contributed by atoms with E-state index in [9.17, 15) is 13.2 Å². The molecule has 142 valence electrons. The van der Waals surface area contributed by atoms with E-state index in [1.54, 1.807) is 60.8 Å². The summed E-state index contributed by atoms with van der Waals surface area (Å²) in [7, 11) is -3.97. The van der Waals surface area contributed by atoms with Crippen molar-refractivity contribution in [2.45, 2.75) is 18.0 Å². The smallest absolute Gasteiger partial charge is 0.273 e. The van der Waals surface area contributed by atoms with Gasteiger partial charge >= 0.3 is 0 Å². The summed E-state index contributed by atoms with van der Waals surface area (Å²) in [5.41, 5.74) is 2.45. The molecule has 8 heteroatoms. The molecule has 0 aliphatic carbocycles. The lowest BCUT2D eigenvalue weighted by Crippen LogP contribution is -2.52. The Morgan fingerprint density at radius 2 is 1.71 bits per heavy atom.